The first-order chi connectivity index (χ1) is 11.0. The summed E-state index contributed by atoms with van der Waals surface area (Å²) < 4.78 is 0. The molecule has 0 fully saturated rings. The number of aromatic carboxylic acids is 1. The SMILES string of the molecule is O=C(O)c1cc(-c2ccc(Cl)cc2)cc(-c2ccc(Cl)cc2)c1. The third-order valence-electron chi connectivity index (χ3n) is 3.54. The van der Waals surface area contributed by atoms with Crippen molar-refractivity contribution in [2.45, 2.75) is 0 Å². The summed E-state index contributed by atoms with van der Waals surface area (Å²) in [6.45, 7) is 0. The zero-order valence-corrected chi connectivity index (χ0v) is 13.5. The Kier molecular flexibility index (Phi) is 4.37. The van der Waals surface area contributed by atoms with Crippen LogP contribution in [0.4, 0.5) is 0 Å². The molecule has 0 aliphatic heterocycles. The molecule has 0 aliphatic rings. The number of rotatable bonds is 3. The molecule has 3 rings (SSSR count). The monoisotopic (exact) mass is 342 g/mol. The van der Waals surface area contributed by atoms with Gasteiger partial charge in [0, 0.05) is 10.0 Å². The summed E-state index contributed by atoms with van der Waals surface area (Å²) in [6, 6.07) is 19.9. The zero-order chi connectivity index (χ0) is 16.4. The fourth-order valence-corrected chi connectivity index (χ4v) is 2.62. The second-order valence-corrected chi connectivity index (χ2v) is 5.99. The maximum atomic E-state index is 11.4. The van der Waals surface area contributed by atoms with Gasteiger partial charge in [0.25, 0.3) is 0 Å². The number of carboxylic acid groups (broad SMARTS) is 1. The largest absolute Gasteiger partial charge is 0.478 e. The minimum atomic E-state index is -0.962. The van der Waals surface area contributed by atoms with Crippen molar-refractivity contribution in [2.75, 3.05) is 0 Å². The van der Waals surface area contributed by atoms with E-state index in [4.69, 9.17) is 23.2 Å². The molecule has 0 aliphatic carbocycles. The normalized spacial score (nSPS) is 10.5. The molecule has 114 valence electrons. The van der Waals surface area contributed by atoms with Crippen molar-refractivity contribution in [1.82, 2.24) is 0 Å². The van der Waals surface area contributed by atoms with E-state index in [0.29, 0.717) is 10.0 Å². The molecule has 2 nitrogen and oxygen atoms in total. The van der Waals surface area contributed by atoms with E-state index in [9.17, 15) is 9.90 Å². The molecule has 0 amide bonds. The molecule has 3 aromatic carbocycles. The molecule has 1 N–H and O–H groups in total. The standard InChI is InChI=1S/C19H12Cl2O2/c20-17-5-1-12(2-6-17)14-9-15(11-16(10-14)19(22)23)13-3-7-18(21)8-4-13/h1-11H,(H,22,23). The lowest BCUT2D eigenvalue weighted by molar-refractivity contribution is 0.0697. The molecule has 0 heterocycles. The van der Waals surface area contributed by atoms with Gasteiger partial charge >= 0.3 is 5.97 Å². The van der Waals surface area contributed by atoms with E-state index in [1.807, 2.05) is 30.3 Å². The maximum absolute atomic E-state index is 11.4. The van der Waals surface area contributed by atoms with Crippen LogP contribution in [0.1, 0.15) is 10.4 Å². The number of halogens is 2. The highest BCUT2D eigenvalue weighted by atomic mass is 35.5. The highest BCUT2D eigenvalue weighted by Crippen LogP contribution is 2.29. The van der Waals surface area contributed by atoms with Gasteiger partial charge in [0.2, 0.25) is 0 Å². The summed E-state index contributed by atoms with van der Waals surface area (Å²) in [7, 11) is 0. The predicted octanol–water partition coefficient (Wildman–Crippen LogP) is 6.03. The Morgan fingerprint density at radius 3 is 1.39 bits per heavy atom. The maximum Gasteiger partial charge on any atom is 0.335 e. The summed E-state index contributed by atoms with van der Waals surface area (Å²) >= 11 is 11.8. The van der Waals surface area contributed by atoms with Crippen LogP contribution in [-0.4, -0.2) is 11.1 Å². The van der Waals surface area contributed by atoms with E-state index in [2.05, 4.69) is 0 Å². The molecule has 0 spiro atoms. The molecule has 0 radical (unpaired) electrons. The van der Waals surface area contributed by atoms with Crippen LogP contribution in [0.25, 0.3) is 22.3 Å². The van der Waals surface area contributed by atoms with Crippen molar-refractivity contribution in [3.8, 4) is 22.3 Å². The Labute approximate surface area is 143 Å². The lowest BCUT2D eigenvalue weighted by Crippen LogP contribution is -1.97. The molecule has 0 unspecified atom stereocenters. The van der Waals surface area contributed by atoms with E-state index < -0.39 is 5.97 Å². The molecule has 0 bridgehead atoms. The minimum absolute atomic E-state index is 0.238. The van der Waals surface area contributed by atoms with E-state index in [0.717, 1.165) is 22.3 Å². The minimum Gasteiger partial charge on any atom is -0.478 e. The van der Waals surface area contributed by atoms with Gasteiger partial charge in [-0.3, -0.25) is 0 Å². The smallest absolute Gasteiger partial charge is 0.335 e. The van der Waals surface area contributed by atoms with Crippen LogP contribution >= 0.6 is 23.2 Å². The number of hydrogen-bond donors (Lipinski definition) is 1. The van der Waals surface area contributed by atoms with Crippen LogP contribution in [0.2, 0.25) is 10.0 Å². The molecular formula is C19H12Cl2O2. The average Bonchev–Trinajstić information content (AvgIpc) is 2.55. The van der Waals surface area contributed by atoms with Crippen LogP contribution in [0, 0.1) is 0 Å². The molecule has 23 heavy (non-hydrogen) atoms. The number of hydrogen-bond acceptors (Lipinski definition) is 1. The first-order valence-electron chi connectivity index (χ1n) is 6.93. The van der Waals surface area contributed by atoms with Gasteiger partial charge in [0.15, 0.2) is 0 Å². The number of carbonyl (C=O) groups is 1. The second kappa shape index (κ2) is 6.45. The molecule has 0 aromatic heterocycles. The van der Waals surface area contributed by atoms with E-state index in [1.165, 1.54) is 0 Å². The van der Waals surface area contributed by atoms with Crippen LogP contribution in [0.3, 0.4) is 0 Å². The first-order valence-corrected chi connectivity index (χ1v) is 7.69. The lowest BCUT2D eigenvalue weighted by atomic mass is 9.96. The highest BCUT2D eigenvalue weighted by molar-refractivity contribution is 6.30. The molecule has 3 aromatic rings. The van der Waals surface area contributed by atoms with Gasteiger partial charge in [-0.2, -0.15) is 0 Å². The zero-order valence-electron chi connectivity index (χ0n) is 12.0. The van der Waals surface area contributed by atoms with Crippen molar-refractivity contribution in [1.29, 1.82) is 0 Å². The number of benzene rings is 3. The van der Waals surface area contributed by atoms with Crippen LogP contribution in [0.5, 0.6) is 0 Å². The Balaban J connectivity index is 2.15. The predicted molar refractivity (Wildman–Crippen MR) is 94.3 cm³/mol. The van der Waals surface area contributed by atoms with E-state index >= 15 is 0 Å². The van der Waals surface area contributed by atoms with Gasteiger partial charge in [0.1, 0.15) is 0 Å². The number of carboxylic acids is 1. The lowest BCUT2D eigenvalue weighted by Gasteiger charge is -2.09. The topological polar surface area (TPSA) is 37.3 Å². The summed E-state index contributed by atoms with van der Waals surface area (Å²) in [6.07, 6.45) is 0. The van der Waals surface area contributed by atoms with Gasteiger partial charge in [0.05, 0.1) is 5.56 Å². The van der Waals surface area contributed by atoms with E-state index in [-0.39, 0.29) is 5.56 Å². The van der Waals surface area contributed by atoms with Gasteiger partial charge in [-0.15, -0.1) is 0 Å². The highest BCUT2D eigenvalue weighted by Gasteiger charge is 2.10. The van der Waals surface area contributed by atoms with E-state index in [1.54, 1.807) is 36.4 Å². The van der Waals surface area contributed by atoms with Gasteiger partial charge in [-0.1, -0.05) is 47.5 Å². The Morgan fingerprint density at radius 1 is 0.652 bits per heavy atom. The quantitative estimate of drug-likeness (QED) is 0.631. The van der Waals surface area contributed by atoms with Crippen molar-refractivity contribution in [2.24, 2.45) is 0 Å². The fraction of sp³-hybridized carbons (Fsp3) is 0. The summed E-state index contributed by atoms with van der Waals surface area (Å²) in [4.78, 5) is 11.4. The Bertz CT molecular complexity index is 790. The molecule has 0 saturated carbocycles. The van der Waals surface area contributed by atoms with Gasteiger partial charge in [-0.25, -0.2) is 4.79 Å². The Morgan fingerprint density at radius 2 is 1.04 bits per heavy atom. The van der Waals surface area contributed by atoms with Crippen LogP contribution < -0.4 is 0 Å². The molecular weight excluding hydrogens is 331 g/mol. The third kappa shape index (κ3) is 3.55. The fourth-order valence-electron chi connectivity index (χ4n) is 2.37. The van der Waals surface area contributed by atoms with Crippen molar-refractivity contribution in [3.05, 3.63) is 82.3 Å². The summed E-state index contributed by atoms with van der Waals surface area (Å²) in [5.41, 5.74) is 3.71. The Hall–Kier alpha value is -2.29. The second-order valence-electron chi connectivity index (χ2n) is 5.12. The summed E-state index contributed by atoms with van der Waals surface area (Å²) in [5.74, 6) is -0.962. The summed E-state index contributed by atoms with van der Waals surface area (Å²) in [5, 5.41) is 10.7. The average molecular weight is 343 g/mol. The van der Waals surface area contributed by atoms with Crippen LogP contribution in [0.15, 0.2) is 66.7 Å². The van der Waals surface area contributed by atoms with Gasteiger partial charge < -0.3 is 5.11 Å². The molecule has 4 heteroatoms. The third-order valence-corrected chi connectivity index (χ3v) is 4.04. The van der Waals surface area contributed by atoms with Crippen molar-refractivity contribution < 1.29 is 9.90 Å². The first kappa shape index (κ1) is 15.6. The van der Waals surface area contributed by atoms with Crippen molar-refractivity contribution in [3.63, 3.8) is 0 Å². The van der Waals surface area contributed by atoms with Crippen molar-refractivity contribution >= 4 is 29.2 Å². The van der Waals surface area contributed by atoms with Gasteiger partial charge in [-0.05, 0) is 64.7 Å². The molecule has 0 saturated heterocycles. The van der Waals surface area contributed by atoms with Crippen LogP contribution in [-0.2, 0) is 0 Å². The molecule has 0 atom stereocenters.